The number of carbonyl (C=O) groups is 1. The van der Waals surface area contributed by atoms with Gasteiger partial charge >= 0.3 is 5.97 Å². The first-order valence-corrected chi connectivity index (χ1v) is 8.14. The Morgan fingerprint density at radius 3 is 1.75 bits per heavy atom. The van der Waals surface area contributed by atoms with Crippen LogP contribution in [0.15, 0.2) is 0 Å². The maximum atomic E-state index is 12.7. The van der Waals surface area contributed by atoms with Crippen LogP contribution >= 0.6 is 0 Å². The van der Waals surface area contributed by atoms with Crippen molar-refractivity contribution in [1.82, 2.24) is 0 Å². The van der Waals surface area contributed by atoms with Gasteiger partial charge in [-0.15, -0.1) is 0 Å². The van der Waals surface area contributed by atoms with Gasteiger partial charge in [0.15, 0.2) is 0 Å². The first-order chi connectivity index (χ1) is 9.11. The zero-order valence-corrected chi connectivity index (χ0v) is 13.4. The zero-order chi connectivity index (χ0) is 14.8. The second-order valence-corrected chi connectivity index (χ2v) is 8.84. The van der Waals surface area contributed by atoms with Gasteiger partial charge in [0, 0.05) is 5.54 Å². The van der Waals surface area contributed by atoms with Crippen molar-refractivity contribution in [2.45, 2.75) is 77.4 Å². The largest absolute Gasteiger partial charge is 0.459 e. The molecule has 3 nitrogen and oxygen atoms in total. The summed E-state index contributed by atoms with van der Waals surface area (Å²) in [4.78, 5) is 12.7. The van der Waals surface area contributed by atoms with Crippen LogP contribution in [0.5, 0.6) is 0 Å². The van der Waals surface area contributed by atoms with Gasteiger partial charge in [-0.05, 0) is 84.0 Å². The van der Waals surface area contributed by atoms with Crippen LogP contribution in [-0.2, 0) is 9.53 Å². The van der Waals surface area contributed by atoms with Crippen LogP contribution < -0.4 is 5.73 Å². The predicted octanol–water partition coefficient (Wildman–Crippen LogP) is 3.26. The monoisotopic (exact) mass is 279 g/mol. The molecule has 0 saturated heterocycles. The summed E-state index contributed by atoms with van der Waals surface area (Å²) in [6.45, 7) is 7.65. The fourth-order valence-electron chi connectivity index (χ4n) is 4.74. The first-order valence-electron chi connectivity index (χ1n) is 8.14. The lowest BCUT2D eigenvalue weighted by molar-refractivity contribution is -0.198. The van der Waals surface area contributed by atoms with Crippen LogP contribution in [0.1, 0.15) is 66.2 Å². The Hall–Kier alpha value is -0.570. The van der Waals surface area contributed by atoms with Gasteiger partial charge in [-0.1, -0.05) is 0 Å². The third-order valence-electron chi connectivity index (χ3n) is 6.41. The van der Waals surface area contributed by atoms with E-state index in [1.165, 1.54) is 19.3 Å². The summed E-state index contributed by atoms with van der Waals surface area (Å²) in [5, 5.41) is 0. The molecular formula is C17H29NO2. The van der Waals surface area contributed by atoms with E-state index in [1.807, 2.05) is 27.7 Å². The number of carbonyl (C=O) groups excluding carboxylic acids is 1. The van der Waals surface area contributed by atoms with Crippen molar-refractivity contribution in [2.75, 3.05) is 0 Å². The SMILES string of the molecule is CC(C)(N)C(C)(C)C(=O)OC12CC3CC(CC(C3)C1)C2. The number of hydrogen-bond donors (Lipinski definition) is 1. The molecule has 114 valence electrons. The van der Waals surface area contributed by atoms with Gasteiger partial charge in [-0.25, -0.2) is 0 Å². The maximum absolute atomic E-state index is 12.7. The summed E-state index contributed by atoms with van der Waals surface area (Å²) in [6.07, 6.45) is 7.36. The molecule has 0 unspecified atom stereocenters. The Balaban J connectivity index is 1.76. The molecule has 0 atom stereocenters. The summed E-state index contributed by atoms with van der Waals surface area (Å²) in [5.41, 5.74) is 4.82. The molecule has 0 aliphatic heterocycles. The molecular weight excluding hydrogens is 250 g/mol. The highest BCUT2D eigenvalue weighted by Crippen LogP contribution is 2.57. The molecule has 0 radical (unpaired) electrons. The summed E-state index contributed by atoms with van der Waals surface area (Å²) in [6, 6.07) is 0. The molecule has 4 bridgehead atoms. The zero-order valence-electron chi connectivity index (χ0n) is 13.4. The van der Waals surface area contributed by atoms with E-state index >= 15 is 0 Å². The standard InChI is InChI=1S/C17H29NO2/c1-15(2,16(3,4)18)14(19)20-17-8-11-5-12(9-17)7-13(6-11)10-17/h11-13H,5-10,18H2,1-4H3. The Kier molecular flexibility index (Phi) is 3.03. The molecule has 2 N–H and O–H groups in total. The van der Waals surface area contributed by atoms with E-state index in [-0.39, 0.29) is 11.6 Å². The lowest BCUT2D eigenvalue weighted by Crippen LogP contribution is -2.57. The summed E-state index contributed by atoms with van der Waals surface area (Å²) in [5.74, 6) is 2.28. The van der Waals surface area contributed by atoms with Crippen LogP contribution in [0, 0.1) is 23.2 Å². The molecule has 4 rings (SSSR count). The highest BCUT2D eigenvalue weighted by molar-refractivity contribution is 5.78. The molecule has 0 heterocycles. The van der Waals surface area contributed by atoms with Gasteiger partial charge in [0.2, 0.25) is 0 Å². The van der Waals surface area contributed by atoms with Gasteiger partial charge in [0.1, 0.15) is 5.60 Å². The Morgan fingerprint density at radius 2 is 1.40 bits per heavy atom. The van der Waals surface area contributed by atoms with Crippen molar-refractivity contribution in [1.29, 1.82) is 0 Å². The van der Waals surface area contributed by atoms with Crippen molar-refractivity contribution < 1.29 is 9.53 Å². The topological polar surface area (TPSA) is 52.3 Å². The predicted molar refractivity (Wildman–Crippen MR) is 79.0 cm³/mol. The number of nitrogens with two attached hydrogens (primary N) is 1. The molecule has 0 aromatic carbocycles. The second kappa shape index (κ2) is 4.22. The molecule has 4 saturated carbocycles. The summed E-state index contributed by atoms with van der Waals surface area (Å²) in [7, 11) is 0. The maximum Gasteiger partial charge on any atom is 0.313 e. The minimum Gasteiger partial charge on any atom is -0.459 e. The molecule has 4 fully saturated rings. The van der Waals surface area contributed by atoms with Crippen molar-refractivity contribution in [2.24, 2.45) is 28.9 Å². The molecule has 0 aromatic rings. The third-order valence-corrected chi connectivity index (χ3v) is 6.41. The number of esters is 1. The van der Waals surface area contributed by atoms with Crippen LogP contribution in [0.2, 0.25) is 0 Å². The number of ether oxygens (including phenoxy) is 1. The second-order valence-electron chi connectivity index (χ2n) is 8.84. The summed E-state index contributed by atoms with van der Waals surface area (Å²) >= 11 is 0. The fourth-order valence-corrected chi connectivity index (χ4v) is 4.74. The Bertz CT molecular complexity index is 384. The Morgan fingerprint density at radius 1 is 1.00 bits per heavy atom. The van der Waals surface area contributed by atoms with E-state index in [9.17, 15) is 4.79 Å². The van der Waals surface area contributed by atoms with Crippen molar-refractivity contribution in [3.05, 3.63) is 0 Å². The van der Waals surface area contributed by atoms with Crippen LogP contribution in [-0.4, -0.2) is 17.1 Å². The Labute approximate surface area is 122 Å². The molecule has 0 aromatic heterocycles. The lowest BCUT2D eigenvalue weighted by Gasteiger charge is -2.56. The van der Waals surface area contributed by atoms with Gasteiger partial charge in [-0.3, -0.25) is 4.79 Å². The van der Waals surface area contributed by atoms with Crippen molar-refractivity contribution in [3.8, 4) is 0 Å². The molecule has 3 heteroatoms. The number of hydrogen-bond acceptors (Lipinski definition) is 3. The van der Waals surface area contributed by atoms with E-state index in [0.29, 0.717) is 0 Å². The van der Waals surface area contributed by atoms with Crippen LogP contribution in [0.25, 0.3) is 0 Å². The normalized spacial score (nSPS) is 40.0. The van der Waals surface area contributed by atoms with Crippen molar-refractivity contribution in [3.63, 3.8) is 0 Å². The fraction of sp³-hybridized carbons (Fsp3) is 0.941. The summed E-state index contributed by atoms with van der Waals surface area (Å²) < 4.78 is 6.12. The third kappa shape index (κ3) is 2.18. The molecule has 0 spiro atoms. The van der Waals surface area contributed by atoms with Gasteiger partial charge in [0.05, 0.1) is 5.41 Å². The minimum atomic E-state index is -0.643. The average Bonchev–Trinajstić information content (AvgIpc) is 2.24. The van der Waals surface area contributed by atoms with E-state index in [4.69, 9.17) is 10.5 Å². The molecule has 0 amide bonds. The minimum absolute atomic E-state index is 0.105. The highest BCUT2D eigenvalue weighted by Gasteiger charge is 2.55. The van der Waals surface area contributed by atoms with E-state index in [2.05, 4.69) is 0 Å². The molecule has 20 heavy (non-hydrogen) atoms. The smallest absolute Gasteiger partial charge is 0.313 e. The van der Waals surface area contributed by atoms with E-state index < -0.39 is 11.0 Å². The van der Waals surface area contributed by atoms with Gasteiger partial charge in [0.25, 0.3) is 0 Å². The van der Waals surface area contributed by atoms with E-state index in [1.54, 1.807) is 0 Å². The van der Waals surface area contributed by atoms with Gasteiger partial charge < -0.3 is 10.5 Å². The van der Waals surface area contributed by atoms with Crippen molar-refractivity contribution >= 4 is 5.97 Å². The van der Waals surface area contributed by atoms with E-state index in [0.717, 1.165) is 37.0 Å². The quantitative estimate of drug-likeness (QED) is 0.807. The highest BCUT2D eigenvalue weighted by atomic mass is 16.6. The average molecular weight is 279 g/mol. The van der Waals surface area contributed by atoms with Crippen LogP contribution in [0.3, 0.4) is 0 Å². The number of rotatable bonds is 3. The molecule has 4 aliphatic rings. The molecule has 4 aliphatic carbocycles. The lowest BCUT2D eigenvalue weighted by atomic mass is 9.54. The van der Waals surface area contributed by atoms with Gasteiger partial charge in [-0.2, -0.15) is 0 Å². The van der Waals surface area contributed by atoms with Crippen LogP contribution in [0.4, 0.5) is 0 Å². The first kappa shape index (κ1) is 14.4.